The number of nitrogens with zero attached hydrogens (tertiary/aromatic N) is 1. The molecular weight excluding hydrogens is 422 g/mol. The van der Waals surface area contributed by atoms with Crippen molar-refractivity contribution in [2.45, 2.75) is 44.4 Å². The van der Waals surface area contributed by atoms with Gasteiger partial charge in [0.05, 0.1) is 5.52 Å². The zero-order valence-electron chi connectivity index (χ0n) is 18.5. The Hall–Kier alpha value is -2.77. The van der Waals surface area contributed by atoms with Gasteiger partial charge in [-0.25, -0.2) is 13.1 Å². The third-order valence-corrected chi connectivity index (χ3v) is 7.61. The third kappa shape index (κ3) is 5.16. The molecule has 0 aliphatic heterocycles. The summed E-state index contributed by atoms with van der Waals surface area (Å²) in [6, 6.07) is 14.9. The minimum absolute atomic E-state index is 0.0362. The quantitative estimate of drug-likeness (QED) is 0.574. The van der Waals surface area contributed by atoms with Gasteiger partial charge in [0.25, 0.3) is 0 Å². The number of hydrogen-bond donors (Lipinski definition) is 2. The van der Waals surface area contributed by atoms with Crippen molar-refractivity contribution in [3.05, 3.63) is 65.9 Å². The van der Waals surface area contributed by atoms with Crippen LogP contribution in [0.5, 0.6) is 0 Å². The van der Waals surface area contributed by atoms with Gasteiger partial charge in [-0.2, -0.15) is 0 Å². The molecule has 6 nitrogen and oxygen atoms in total. The lowest BCUT2D eigenvalue weighted by atomic mass is 9.81. The number of aryl methyl sites for hydroxylation is 2. The Balaban J connectivity index is 1.32. The van der Waals surface area contributed by atoms with Crippen LogP contribution in [0.25, 0.3) is 10.9 Å². The van der Waals surface area contributed by atoms with E-state index in [4.69, 9.17) is 0 Å². The van der Waals surface area contributed by atoms with E-state index in [2.05, 4.69) is 21.1 Å². The van der Waals surface area contributed by atoms with Crippen molar-refractivity contribution in [3.63, 3.8) is 0 Å². The van der Waals surface area contributed by atoms with Crippen LogP contribution in [0.4, 0.5) is 5.69 Å². The van der Waals surface area contributed by atoms with E-state index >= 15 is 0 Å². The number of sulfonamides is 1. The van der Waals surface area contributed by atoms with Crippen LogP contribution >= 0.6 is 0 Å². The van der Waals surface area contributed by atoms with Crippen molar-refractivity contribution in [2.75, 3.05) is 11.9 Å². The normalized spacial score (nSPS) is 19.1. The van der Waals surface area contributed by atoms with Crippen LogP contribution < -0.4 is 10.0 Å². The Morgan fingerprint density at radius 2 is 1.69 bits per heavy atom. The molecule has 1 aliphatic carbocycles. The predicted molar refractivity (Wildman–Crippen MR) is 127 cm³/mol. The molecular formula is C25H29N3O3S. The fourth-order valence-electron chi connectivity index (χ4n) is 4.52. The first-order chi connectivity index (χ1) is 15.3. The Morgan fingerprint density at radius 3 is 2.41 bits per heavy atom. The zero-order valence-corrected chi connectivity index (χ0v) is 19.3. The third-order valence-electron chi connectivity index (χ3n) is 6.15. The van der Waals surface area contributed by atoms with Crippen LogP contribution in [0.1, 0.15) is 36.8 Å². The number of para-hydroxylation sites is 1. The van der Waals surface area contributed by atoms with E-state index in [0.717, 1.165) is 47.9 Å². The maximum absolute atomic E-state index is 12.9. The number of benzene rings is 2. The number of aromatic nitrogens is 1. The molecule has 2 N–H and O–H groups in total. The van der Waals surface area contributed by atoms with Crippen LogP contribution in [-0.4, -0.2) is 25.9 Å². The lowest BCUT2D eigenvalue weighted by Gasteiger charge is -2.28. The second-order valence-electron chi connectivity index (χ2n) is 8.77. The Bertz CT molecular complexity index is 1210. The monoisotopic (exact) mass is 451 g/mol. The molecule has 0 radical (unpaired) electrons. The van der Waals surface area contributed by atoms with Crippen LogP contribution in [0.3, 0.4) is 0 Å². The van der Waals surface area contributed by atoms with E-state index in [-0.39, 0.29) is 22.6 Å². The summed E-state index contributed by atoms with van der Waals surface area (Å²) in [5.74, 6) is 0.236. The average Bonchev–Trinajstić information content (AvgIpc) is 2.77. The minimum Gasteiger partial charge on any atom is -0.326 e. The number of anilines is 1. The molecule has 0 unspecified atom stereocenters. The average molecular weight is 452 g/mol. The van der Waals surface area contributed by atoms with Crippen molar-refractivity contribution in [2.24, 2.45) is 11.8 Å². The molecule has 0 saturated heterocycles. The molecule has 2 aromatic carbocycles. The number of fused-ring (bicyclic) bond motifs is 1. The number of nitrogens with one attached hydrogen (secondary N) is 2. The maximum Gasteiger partial charge on any atom is 0.242 e. The lowest BCUT2D eigenvalue weighted by molar-refractivity contribution is -0.121. The first kappa shape index (κ1) is 22.4. The highest BCUT2D eigenvalue weighted by atomic mass is 32.2. The first-order valence-corrected chi connectivity index (χ1v) is 12.5. The van der Waals surface area contributed by atoms with Crippen molar-refractivity contribution in [1.29, 1.82) is 0 Å². The molecule has 32 heavy (non-hydrogen) atoms. The molecule has 0 bridgehead atoms. The van der Waals surface area contributed by atoms with Crippen LogP contribution in [0, 0.1) is 25.7 Å². The van der Waals surface area contributed by atoms with Crippen LogP contribution in [0.2, 0.25) is 0 Å². The largest absolute Gasteiger partial charge is 0.326 e. The number of carbonyl (C=O) groups excluding carboxylic acids is 1. The molecule has 7 heteroatoms. The molecule has 1 saturated carbocycles. The van der Waals surface area contributed by atoms with Gasteiger partial charge < -0.3 is 5.32 Å². The van der Waals surface area contributed by atoms with Gasteiger partial charge in [-0.15, -0.1) is 0 Å². The van der Waals surface area contributed by atoms with E-state index < -0.39 is 10.0 Å². The molecule has 168 valence electrons. The number of amides is 1. The Kier molecular flexibility index (Phi) is 6.58. The highest BCUT2D eigenvalue weighted by molar-refractivity contribution is 7.89. The fraction of sp³-hybridized carbons (Fsp3) is 0.360. The smallest absolute Gasteiger partial charge is 0.242 e. The van der Waals surface area contributed by atoms with Gasteiger partial charge in [-0.1, -0.05) is 24.3 Å². The number of carbonyl (C=O) groups is 1. The summed E-state index contributed by atoms with van der Waals surface area (Å²) in [6.07, 6.45) is 4.77. The van der Waals surface area contributed by atoms with Gasteiger partial charge in [0.15, 0.2) is 0 Å². The van der Waals surface area contributed by atoms with Crippen LogP contribution in [-0.2, 0) is 14.8 Å². The van der Waals surface area contributed by atoms with Gasteiger partial charge in [0.1, 0.15) is 4.90 Å². The molecule has 1 heterocycles. The number of pyridine rings is 1. The summed E-state index contributed by atoms with van der Waals surface area (Å²) in [4.78, 5) is 17.2. The van der Waals surface area contributed by atoms with Gasteiger partial charge in [0, 0.05) is 29.7 Å². The Labute approximate surface area is 189 Å². The molecule has 1 amide bonds. The summed E-state index contributed by atoms with van der Waals surface area (Å²) in [6.45, 7) is 4.41. The summed E-state index contributed by atoms with van der Waals surface area (Å²) in [5, 5.41) is 3.84. The van der Waals surface area contributed by atoms with E-state index in [1.165, 1.54) is 0 Å². The molecule has 0 atom stereocenters. The molecule has 1 aromatic heterocycles. The highest BCUT2D eigenvalue weighted by Gasteiger charge is 2.28. The number of rotatable bonds is 6. The number of hydrogen-bond acceptors (Lipinski definition) is 4. The summed E-state index contributed by atoms with van der Waals surface area (Å²) in [7, 11) is -3.66. The predicted octanol–water partition coefficient (Wildman–Crippen LogP) is 4.58. The molecule has 3 aromatic rings. The fourth-order valence-corrected chi connectivity index (χ4v) is 5.81. The molecule has 0 spiro atoms. The maximum atomic E-state index is 12.9. The van der Waals surface area contributed by atoms with Crippen molar-refractivity contribution in [1.82, 2.24) is 9.71 Å². The molecule has 1 fully saturated rings. The van der Waals surface area contributed by atoms with Gasteiger partial charge >= 0.3 is 0 Å². The van der Waals surface area contributed by atoms with Crippen molar-refractivity contribution < 1.29 is 13.2 Å². The molecule has 1 aliphatic rings. The van der Waals surface area contributed by atoms with E-state index in [9.17, 15) is 13.2 Å². The van der Waals surface area contributed by atoms with Gasteiger partial charge in [0.2, 0.25) is 15.9 Å². The SMILES string of the molecule is Cc1cc(C)cc(NC(=O)C2CCC(CNS(=O)(=O)c3cccc4cccnc34)CC2)c1. The van der Waals surface area contributed by atoms with Crippen LogP contribution in [0.15, 0.2) is 59.6 Å². The first-order valence-electron chi connectivity index (χ1n) is 11.0. The van der Waals surface area contributed by atoms with E-state index in [1.807, 2.05) is 38.1 Å². The molecule has 4 rings (SSSR count). The van der Waals surface area contributed by atoms with Gasteiger partial charge in [-0.3, -0.25) is 9.78 Å². The van der Waals surface area contributed by atoms with E-state index in [0.29, 0.717) is 12.1 Å². The summed E-state index contributed by atoms with van der Waals surface area (Å²) in [5.41, 5.74) is 3.57. The Morgan fingerprint density at radius 1 is 1.00 bits per heavy atom. The highest BCUT2D eigenvalue weighted by Crippen LogP contribution is 2.30. The van der Waals surface area contributed by atoms with Crippen molar-refractivity contribution in [3.8, 4) is 0 Å². The topological polar surface area (TPSA) is 88.2 Å². The van der Waals surface area contributed by atoms with Gasteiger partial charge in [-0.05, 0) is 80.8 Å². The standard InChI is InChI=1S/C25H29N3O3S/c1-17-13-18(2)15-22(14-17)28-25(29)21-10-8-19(9-11-21)16-27-32(30,31)23-7-3-5-20-6-4-12-26-24(20)23/h3-7,12-15,19,21,27H,8-11,16H2,1-2H3,(H,28,29). The van der Waals surface area contributed by atoms with E-state index in [1.54, 1.807) is 24.4 Å². The second kappa shape index (κ2) is 9.38. The van der Waals surface area contributed by atoms with Crippen molar-refractivity contribution >= 4 is 32.5 Å². The summed E-state index contributed by atoms with van der Waals surface area (Å²) < 4.78 is 28.6. The zero-order chi connectivity index (χ0) is 22.7. The minimum atomic E-state index is -3.66. The summed E-state index contributed by atoms with van der Waals surface area (Å²) >= 11 is 0. The lowest BCUT2D eigenvalue weighted by Crippen LogP contribution is -2.33. The second-order valence-corrected chi connectivity index (χ2v) is 10.5.